The molecule has 3 nitrogen and oxygen atoms in total. The number of hydrogen-bond donors (Lipinski definition) is 1. The molecule has 0 fully saturated rings. The van der Waals surface area contributed by atoms with E-state index in [0.717, 1.165) is 5.82 Å². The van der Waals surface area contributed by atoms with Crippen LogP contribution in [0.15, 0.2) is 46.7 Å². The molecule has 18 heavy (non-hydrogen) atoms. The van der Waals surface area contributed by atoms with Crippen LogP contribution in [0.5, 0.6) is 0 Å². The molecule has 0 aromatic carbocycles. The van der Waals surface area contributed by atoms with Crippen LogP contribution in [-0.4, -0.2) is 16.1 Å². The summed E-state index contributed by atoms with van der Waals surface area (Å²) in [6.07, 6.45) is 3.84. The molecule has 0 radical (unpaired) electrons. The van der Waals surface area contributed by atoms with Gasteiger partial charge in [-0.05, 0) is 33.8 Å². The molecule has 0 aliphatic rings. The Balaban J connectivity index is 2.04. The van der Waals surface area contributed by atoms with Crippen molar-refractivity contribution in [1.29, 1.82) is 0 Å². The second kappa shape index (κ2) is 5.06. The molecule has 0 saturated carbocycles. The molecule has 2 N–H and O–H groups in total. The van der Waals surface area contributed by atoms with E-state index in [1.165, 1.54) is 10.4 Å². The summed E-state index contributed by atoms with van der Waals surface area (Å²) in [5, 5.41) is 6.30. The van der Waals surface area contributed by atoms with Crippen LogP contribution in [0.2, 0.25) is 0 Å². The third-order valence-corrected chi connectivity index (χ3v) is 4.46. The van der Waals surface area contributed by atoms with E-state index < -0.39 is 0 Å². The topological polar surface area (TPSA) is 43.8 Å². The molecule has 0 saturated heterocycles. The third kappa shape index (κ3) is 2.01. The van der Waals surface area contributed by atoms with E-state index in [9.17, 15) is 0 Å². The highest BCUT2D eigenvalue weighted by Gasteiger charge is 2.17. The number of nitrogens with zero attached hydrogens (tertiary/aromatic N) is 2. The third-order valence-electron chi connectivity index (χ3n) is 2.90. The molecular formula is C13H13N3S2. The lowest BCUT2D eigenvalue weighted by Crippen LogP contribution is -2.20. The highest BCUT2D eigenvalue weighted by atomic mass is 32.1. The second-order valence-corrected chi connectivity index (χ2v) is 5.67. The van der Waals surface area contributed by atoms with Crippen molar-refractivity contribution in [3.63, 3.8) is 0 Å². The summed E-state index contributed by atoms with van der Waals surface area (Å²) >= 11 is 3.40. The number of nitrogens with two attached hydrogens (primary N) is 1. The van der Waals surface area contributed by atoms with Crippen molar-refractivity contribution in [2.24, 2.45) is 5.73 Å². The molecule has 0 spiro atoms. The molecule has 0 bridgehead atoms. The van der Waals surface area contributed by atoms with E-state index in [1.54, 1.807) is 22.7 Å². The van der Waals surface area contributed by atoms with Crippen LogP contribution in [-0.2, 0) is 0 Å². The van der Waals surface area contributed by atoms with Crippen LogP contribution >= 0.6 is 22.7 Å². The zero-order chi connectivity index (χ0) is 12.4. The van der Waals surface area contributed by atoms with Gasteiger partial charge < -0.3 is 10.3 Å². The van der Waals surface area contributed by atoms with Gasteiger partial charge in [0.05, 0.1) is 10.9 Å². The molecule has 0 aliphatic heterocycles. The van der Waals surface area contributed by atoms with Crippen molar-refractivity contribution in [3.05, 3.63) is 52.3 Å². The van der Waals surface area contributed by atoms with Crippen LogP contribution < -0.4 is 5.73 Å². The summed E-state index contributed by atoms with van der Waals surface area (Å²) in [5.74, 6) is 0.992. The molecule has 3 aromatic heterocycles. The first kappa shape index (κ1) is 11.6. The standard InChI is InChI=1S/C13H13N3S2/c14-8-11(10-3-7-17-9-10)16-5-4-15-13(16)12-2-1-6-18-12/h1-7,9,11H,8,14H2. The zero-order valence-corrected chi connectivity index (χ0v) is 11.3. The van der Waals surface area contributed by atoms with Crippen LogP contribution in [0.25, 0.3) is 10.7 Å². The van der Waals surface area contributed by atoms with E-state index in [1.807, 2.05) is 18.5 Å². The molecule has 0 aliphatic carbocycles. The van der Waals surface area contributed by atoms with E-state index in [2.05, 4.69) is 37.8 Å². The minimum Gasteiger partial charge on any atom is -0.328 e. The second-order valence-electron chi connectivity index (χ2n) is 3.94. The molecule has 92 valence electrons. The highest BCUT2D eigenvalue weighted by molar-refractivity contribution is 7.13. The van der Waals surface area contributed by atoms with E-state index in [0.29, 0.717) is 6.54 Å². The summed E-state index contributed by atoms with van der Waals surface area (Å²) in [5.41, 5.74) is 7.19. The van der Waals surface area contributed by atoms with Crippen molar-refractivity contribution < 1.29 is 0 Å². The Hall–Kier alpha value is -1.43. The van der Waals surface area contributed by atoms with Gasteiger partial charge in [-0.2, -0.15) is 11.3 Å². The van der Waals surface area contributed by atoms with Crippen LogP contribution in [0.3, 0.4) is 0 Å². The average Bonchev–Trinajstić information content (AvgIpc) is 3.13. The van der Waals surface area contributed by atoms with Gasteiger partial charge >= 0.3 is 0 Å². The maximum atomic E-state index is 5.94. The maximum Gasteiger partial charge on any atom is 0.150 e. The molecule has 3 aromatic rings. The van der Waals surface area contributed by atoms with Crippen molar-refractivity contribution >= 4 is 22.7 Å². The fraction of sp³-hybridized carbons (Fsp3) is 0.154. The van der Waals surface area contributed by atoms with Crippen molar-refractivity contribution in [2.45, 2.75) is 6.04 Å². The Bertz CT molecular complexity index is 596. The summed E-state index contributed by atoms with van der Waals surface area (Å²) in [6, 6.07) is 6.42. The van der Waals surface area contributed by atoms with Gasteiger partial charge in [-0.1, -0.05) is 6.07 Å². The summed E-state index contributed by atoms with van der Waals surface area (Å²) < 4.78 is 2.16. The van der Waals surface area contributed by atoms with Crippen molar-refractivity contribution in [1.82, 2.24) is 9.55 Å². The fourth-order valence-corrected chi connectivity index (χ4v) is 3.47. The fourth-order valence-electron chi connectivity index (χ4n) is 2.04. The first-order valence-electron chi connectivity index (χ1n) is 5.69. The lowest BCUT2D eigenvalue weighted by Gasteiger charge is -2.17. The van der Waals surface area contributed by atoms with Crippen LogP contribution in [0.1, 0.15) is 11.6 Å². The summed E-state index contributed by atoms with van der Waals surface area (Å²) in [6.45, 7) is 0.575. The van der Waals surface area contributed by atoms with Crippen LogP contribution in [0.4, 0.5) is 0 Å². The van der Waals surface area contributed by atoms with Gasteiger partial charge in [-0.15, -0.1) is 11.3 Å². The Morgan fingerprint density at radius 3 is 2.94 bits per heavy atom. The molecule has 0 amide bonds. The van der Waals surface area contributed by atoms with Gasteiger partial charge in [-0.25, -0.2) is 4.98 Å². The Morgan fingerprint density at radius 2 is 2.28 bits per heavy atom. The van der Waals surface area contributed by atoms with E-state index in [-0.39, 0.29) is 6.04 Å². The molecule has 3 rings (SSSR count). The van der Waals surface area contributed by atoms with Crippen LogP contribution in [0, 0.1) is 0 Å². The summed E-state index contributed by atoms with van der Waals surface area (Å²) in [7, 11) is 0. The minimum absolute atomic E-state index is 0.163. The molecule has 3 heterocycles. The summed E-state index contributed by atoms with van der Waals surface area (Å²) in [4.78, 5) is 5.63. The van der Waals surface area contributed by atoms with E-state index >= 15 is 0 Å². The van der Waals surface area contributed by atoms with Gasteiger partial charge in [0.2, 0.25) is 0 Å². The van der Waals surface area contributed by atoms with Gasteiger partial charge in [0.15, 0.2) is 5.82 Å². The highest BCUT2D eigenvalue weighted by Crippen LogP contribution is 2.28. The van der Waals surface area contributed by atoms with Gasteiger partial charge in [0.1, 0.15) is 0 Å². The number of aromatic nitrogens is 2. The average molecular weight is 275 g/mol. The Kier molecular flexibility index (Phi) is 3.27. The Labute approximate surface area is 114 Å². The number of rotatable bonds is 4. The molecule has 1 unspecified atom stereocenters. The molecular weight excluding hydrogens is 262 g/mol. The van der Waals surface area contributed by atoms with Gasteiger partial charge in [-0.3, -0.25) is 0 Å². The van der Waals surface area contributed by atoms with Crippen molar-refractivity contribution in [2.75, 3.05) is 6.54 Å². The smallest absolute Gasteiger partial charge is 0.150 e. The number of thiophene rings is 2. The molecule has 5 heteroatoms. The predicted molar refractivity (Wildman–Crippen MR) is 77.1 cm³/mol. The number of hydrogen-bond acceptors (Lipinski definition) is 4. The normalized spacial score (nSPS) is 12.7. The first-order chi connectivity index (χ1) is 8.90. The van der Waals surface area contributed by atoms with Gasteiger partial charge in [0.25, 0.3) is 0 Å². The SMILES string of the molecule is NCC(c1ccsc1)n1ccnc1-c1cccs1. The first-order valence-corrected chi connectivity index (χ1v) is 7.51. The van der Waals surface area contributed by atoms with Gasteiger partial charge in [0, 0.05) is 18.9 Å². The maximum absolute atomic E-state index is 5.94. The lowest BCUT2D eigenvalue weighted by atomic mass is 10.1. The number of imidazole rings is 1. The largest absolute Gasteiger partial charge is 0.328 e. The van der Waals surface area contributed by atoms with E-state index in [4.69, 9.17) is 5.73 Å². The lowest BCUT2D eigenvalue weighted by molar-refractivity contribution is 0.603. The Morgan fingerprint density at radius 1 is 1.33 bits per heavy atom. The van der Waals surface area contributed by atoms with Crippen molar-refractivity contribution in [3.8, 4) is 10.7 Å². The predicted octanol–water partition coefficient (Wildman–Crippen LogP) is 3.22. The zero-order valence-electron chi connectivity index (χ0n) is 9.69. The quantitative estimate of drug-likeness (QED) is 0.794. The molecule has 1 atom stereocenters. The monoisotopic (exact) mass is 275 g/mol. The minimum atomic E-state index is 0.163.